The number of fused-ring (bicyclic) bond motifs is 1. The van der Waals surface area contributed by atoms with E-state index in [1.165, 1.54) is 0 Å². The van der Waals surface area contributed by atoms with Gasteiger partial charge in [-0.05, 0) is 76.7 Å². The van der Waals surface area contributed by atoms with E-state index >= 15 is 0 Å². The van der Waals surface area contributed by atoms with Gasteiger partial charge < -0.3 is 20.8 Å². The van der Waals surface area contributed by atoms with Gasteiger partial charge in [-0.15, -0.1) is 11.3 Å². The molecule has 2 atom stereocenters. The molecule has 0 spiro atoms. The normalized spacial score (nSPS) is 24.3. The highest BCUT2D eigenvalue weighted by molar-refractivity contribution is 7.21. The molecule has 38 heavy (non-hydrogen) atoms. The summed E-state index contributed by atoms with van der Waals surface area (Å²) in [6.07, 6.45) is 13.1. The van der Waals surface area contributed by atoms with Gasteiger partial charge in [-0.3, -0.25) is 4.98 Å². The lowest BCUT2D eigenvalue weighted by Crippen LogP contribution is -2.34. The highest BCUT2D eigenvalue weighted by Gasteiger charge is 2.42. The third-order valence-electron chi connectivity index (χ3n) is 9.23. The maximum Gasteiger partial charge on any atom is 0.225 e. The van der Waals surface area contributed by atoms with Gasteiger partial charge in [-0.1, -0.05) is 25.7 Å². The van der Waals surface area contributed by atoms with Crippen LogP contribution < -0.4 is 10.6 Å². The number of thiazole rings is 1. The first kappa shape index (κ1) is 25.9. The molecule has 3 aliphatic carbocycles. The molecule has 8 nitrogen and oxygen atoms in total. The molecule has 6 rings (SSSR count). The molecule has 0 aromatic carbocycles. The van der Waals surface area contributed by atoms with Crippen LogP contribution >= 0.6 is 11.3 Å². The minimum absolute atomic E-state index is 0.410. The Hall–Kier alpha value is -2.36. The topological polar surface area (TPSA) is 116 Å². The van der Waals surface area contributed by atoms with Gasteiger partial charge in [-0.2, -0.15) is 4.98 Å². The van der Waals surface area contributed by atoms with Crippen molar-refractivity contribution in [3.8, 4) is 10.6 Å². The number of aryl methyl sites for hydroxylation is 2. The van der Waals surface area contributed by atoms with E-state index in [4.69, 9.17) is 15.0 Å². The van der Waals surface area contributed by atoms with Crippen LogP contribution in [0.25, 0.3) is 20.8 Å². The number of pyridine rings is 1. The van der Waals surface area contributed by atoms with Gasteiger partial charge >= 0.3 is 0 Å². The van der Waals surface area contributed by atoms with Crippen molar-refractivity contribution in [2.75, 3.05) is 23.7 Å². The Morgan fingerprint density at radius 3 is 2.47 bits per heavy atom. The van der Waals surface area contributed by atoms with Crippen LogP contribution in [0.2, 0.25) is 0 Å². The van der Waals surface area contributed by atoms with Crippen molar-refractivity contribution in [1.82, 2.24) is 19.9 Å². The van der Waals surface area contributed by atoms with Crippen LogP contribution in [0.5, 0.6) is 0 Å². The molecular weight excluding hydrogens is 496 g/mol. The van der Waals surface area contributed by atoms with E-state index in [-0.39, 0.29) is 0 Å². The van der Waals surface area contributed by atoms with E-state index in [2.05, 4.69) is 15.6 Å². The first-order valence-corrected chi connectivity index (χ1v) is 15.2. The molecule has 3 saturated carbocycles. The summed E-state index contributed by atoms with van der Waals surface area (Å²) in [7, 11) is 0. The first-order chi connectivity index (χ1) is 18.3. The van der Waals surface area contributed by atoms with E-state index in [1.807, 2.05) is 26.1 Å². The second kappa shape index (κ2) is 10.3. The molecule has 0 saturated heterocycles. The highest BCUT2D eigenvalue weighted by atomic mass is 32.1. The Morgan fingerprint density at radius 2 is 1.71 bits per heavy atom. The fourth-order valence-corrected chi connectivity index (χ4v) is 8.07. The number of rotatable bonds is 8. The fraction of sp³-hybridized carbons (Fsp3) is 0.655. The van der Waals surface area contributed by atoms with Crippen LogP contribution in [0.3, 0.4) is 0 Å². The third-order valence-corrected chi connectivity index (χ3v) is 10.3. The number of nitrogens with zero attached hydrogens (tertiary/aromatic N) is 4. The van der Waals surface area contributed by atoms with E-state index in [0.717, 1.165) is 115 Å². The molecule has 0 unspecified atom stereocenters. The van der Waals surface area contributed by atoms with Crippen LogP contribution in [-0.4, -0.2) is 54.4 Å². The zero-order chi connectivity index (χ0) is 26.3. The zero-order valence-electron chi connectivity index (χ0n) is 22.6. The molecule has 204 valence electrons. The van der Waals surface area contributed by atoms with Gasteiger partial charge in [0.05, 0.1) is 32.9 Å². The molecule has 3 aromatic rings. The van der Waals surface area contributed by atoms with Crippen molar-refractivity contribution in [3.63, 3.8) is 0 Å². The summed E-state index contributed by atoms with van der Waals surface area (Å²) < 4.78 is 1.10. The van der Waals surface area contributed by atoms with Gasteiger partial charge in [0.15, 0.2) is 0 Å². The lowest BCUT2D eigenvalue weighted by molar-refractivity contribution is -0.0110. The van der Waals surface area contributed by atoms with E-state index < -0.39 is 11.2 Å². The molecule has 9 heteroatoms. The van der Waals surface area contributed by atoms with Crippen molar-refractivity contribution in [2.24, 2.45) is 11.8 Å². The summed E-state index contributed by atoms with van der Waals surface area (Å²) in [6, 6.07) is 2.01. The molecular formula is C29H40N6O2S. The lowest BCUT2D eigenvalue weighted by atomic mass is 9.84. The van der Waals surface area contributed by atoms with Crippen molar-refractivity contribution in [3.05, 3.63) is 23.7 Å². The van der Waals surface area contributed by atoms with Crippen LogP contribution in [0, 0.1) is 25.7 Å². The van der Waals surface area contributed by atoms with Gasteiger partial charge in [0, 0.05) is 19.3 Å². The summed E-state index contributed by atoms with van der Waals surface area (Å²) in [4.78, 5) is 19.1. The molecule has 3 aromatic heterocycles. The Morgan fingerprint density at radius 1 is 0.947 bits per heavy atom. The van der Waals surface area contributed by atoms with Crippen molar-refractivity contribution >= 4 is 33.3 Å². The largest absolute Gasteiger partial charge is 0.390 e. The highest BCUT2D eigenvalue weighted by Crippen LogP contribution is 2.46. The minimum atomic E-state index is -0.680. The Balaban J connectivity index is 1.26. The summed E-state index contributed by atoms with van der Waals surface area (Å²) in [6.45, 7) is 5.27. The summed E-state index contributed by atoms with van der Waals surface area (Å²) >= 11 is 1.64. The van der Waals surface area contributed by atoms with E-state index in [1.54, 1.807) is 11.3 Å². The zero-order valence-corrected chi connectivity index (χ0v) is 23.4. The number of aromatic nitrogens is 4. The maximum absolute atomic E-state index is 11.1. The molecule has 3 heterocycles. The van der Waals surface area contributed by atoms with Crippen molar-refractivity contribution in [1.29, 1.82) is 0 Å². The van der Waals surface area contributed by atoms with Gasteiger partial charge in [-0.25, -0.2) is 9.97 Å². The van der Waals surface area contributed by atoms with Gasteiger partial charge in [0.2, 0.25) is 5.95 Å². The minimum Gasteiger partial charge on any atom is -0.390 e. The molecule has 3 fully saturated rings. The predicted molar refractivity (Wildman–Crippen MR) is 153 cm³/mol. The van der Waals surface area contributed by atoms with E-state index in [9.17, 15) is 10.2 Å². The first-order valence-electron chi connectivity index (χ1n) is 14.4. The van der Waals surface area contributed by atoms with Crippen LogP contribution in [0.15, 0.2) is 12.3 Å². The predicted octanol–water partition coefficient (Wildman–Crippen LogP) is 5.62. The SMILES string of the molecule is Cc1nc(NCC2(O)CCCC2)nc(NC[C@H]2CC[C@@H](C3(O)CCCC3)C2)c1-c1nc2c(C)nccc2s1. The van der Waals surface area contributed by atoms with Crippen LogP contribution in [0.1, 0.15) is 82.0 Å². The van der Waals surface area contributed by atoms with Gasteiger partial charge in [0.25, 0.3) is 0 Å². The monoisotopic (exact) mass is 536 g/mol. The third kappa shape index (κ3) is 5.12. The average Bonchev–Trinajstić information content (AvgIpc) is 3.69. The Labute approximate surface area is 228 Å². The molecule has 0 radical (unpaired) electrons. The summed E-state index contributed by atoms with van der Waals surface area (Å²) in [5, 5.41) is 29.9. The molecule has 0 bridgehead atoms. The number of hydrogen-bond donors (Lipinski definition) is 4. The van der Waals surface area contributed by atoms with Crippen LogP contribution in [0.4, 0.5) is 11.8 Å². The van der Waals surface area contributed by atoms with Crippen molar-refractivity contribution < 1.29 is 10.2 Å². The fourth-order valence-electron chi connectivity index (χ4n) is 6.96. The smallest absolute Gasteiger partial charge is 0.225 e. The van der Waals surface area contributed by atoms with Crippen LogP contribution in [-0.2, 0) is 0 Å². The lowest BCUT2D eigenvalue weighted by Gasteiger charge is -2.29. The standard InChI is InChI=1S/C29H40N6O2S/c1-18-23(26-34-24-19(2)30-14-9-22(24)38-26)25(35-27(33-18)32-17-28(36)10-3-4-11-28)31-16-20-7-8-21(15-20)29(37)12-5-6-13-29/h9,14,20-21,36-37H,3-8,10-13,15-17H2,1-2H3,(H2,31,32,33,35)/t20-,21+/m0/s1. The summed E-state index contributed by atoms with van der Waals surface area (Å²) in [5.41, 5.74) is 2.50. The Kier molecular flexibility index (Phi) is 7.03. The molecule has 0 amide bonds. The maximum atomic E-state index is 11.1. The second-order valence-corrected chi connectivity index (χ2v) is 13.0. The summed E-state index contributed by atoms with van der Waals surface area (Å²) in [5.74, 6) is 2.24. The molecule has 4 N–H and O–H groups in total. The van der Waals surface area contributed by atoms with Gasteiger partial charge in [0.1, 0.15) is 16.3 Å². The second-order valence-electron chi connectivity index (χ2n) is 12.0. The number of anilines is 2. The number of aliphatic hydroxyl groups is 2. The van der Waals surface area contributed by atoms with E-state index in [0.29, 0.717) is 24.3 Å². The molecule has 3 aliphatic rings. The number of nitrogens with one attached hydrogen (secondary N) is 2. The number of hydrogen-bond acceptors (Lipinski definition) is 9. The average molecular weight is 537 g/mol. The molecule has 0 aliphatic heterocycles. The van der Waals surface area contributed by atoms with Crippen molar-refractivity contribution in [2.45, 2.75) is 95.7 Å². The Bertz CT molecular complexity index is 1300. The quantitative estimate of drug-likeness (QED) is 0.293.